The molecule has 162 valence electrons. The molecule has 0 aliphatic rings. The zero-order valence-corrected chi connectivity index (χ0v) is 18.9. The second kappa shape index (κ2) is 9.54. The molecule has 8 nitrogen and oxygen atoms in total. The van der Waals surface area contributed by atoms with Crippen molar-refractivity contribution in [3.05, 3.63) is 69.6 Å². The number of hydrogen-bond donors (Lipinski definition) is 2. The average Bonchev–Trinajstić information content (AvgIpc) is 2.74. The first kappa shape index (κ1) is 22.9. The summed E-state index contributed by atoms with van der Waals surface area (Å²) in [7, 11) is -2.59. The first-order valence-corrected chi connectivity index (χ1v) is 11.7. The van der Waals surface area contributed by atoms with E-state index in [4.69, 9.17) is 16.3 Å². The summed E-state index contributed by atoms with van der Waals surface area (Å²) in [6.07, 6.45) is 0.982. The topological polar surface area (TPSA) is 118 Å². The van der Waals surface area contributed by atoms with Crippen molar-refractivity contribution in [2.45, 2.75) is 21.9 Å². The van der Waals surface area contributed by atoms with E-state index in [0.29, 0.717) is 16.5 Å². The first-order valence-electron chi connectivity index (χ1n) is 8.88. The molecular weight excluding hydrogens is 462 g/mol. The van der Waals surface area contributed by atoms with E-state index in [1.807, 2.05) is 13.0 Å². The summed E-state index contributed by atoms with van der Waals surface area (Å²) >= 11 is 7.05. The number of halogens is 1. The lowest BCUT2D eigenvalue weighted by Gasteiger charge is -2.08. The van der Waals surface area contributed by atoms with Gasteiger partial charge in [-0.15, -0.1) is 0 Å². The number of aromatic nitrogens is 2. The van der Waals surface area contributed by atoms with Gasteiger partial charge in [-0.3, -0.25) is 9.59 Å². The van der Waals surface area contributed by atoms with Gasteiger partial charge < -0.3 is 15.0 Å². The van der Waals surface area contributed by atoms with Gasteiger partial charge in [0.05, 0.1) is 34.7 Å². The van der Waals surface area contributed by atoms with Crippen LogP contribution in [0.5, 0.6) is 5.75 Å². The lowest BCUT2D eigenvalue weighted by molar-refractivity contribution is -0.113. The Morgan fingerprint density at radius 1 is 1.23 bits per heavy atom. The van der Waals surface area contributed by atoms with Gasteiger partial charge in [-0.25, -0.2) is 13.4 Å². The molecular formula is C20H18ClN3O5S2. The summed E-state index contributed by atoms with van der Waals surface area (Å²) < 4.78 is 30.4. The van der Waals surface area contributed by atoms with Gasteiger partial charge in [0.2, 0.25) is 15.7 Å². The fraction of sp³-hybridized carbons (Fsp3) is 0.150. The van der Waals surface area contributed by atoms with Gasteiger partial charge in [0, 0.05) is 0 Å². The minimum absolute atomic E-state index is 0.0578. The number of sulfone groups is 1. The molecule has 0 aliphatic carbocycles. The third kappa shape index (κ3) is 5.46. The van der Waals surface area contributed by atoms with Crippen LogP contribution in [-0.4, -0.2) is 37.2 Å². The van der Waals surface area contributed by atoms with Gasteiger partial charge >= 0.3 is 0 Å². The van der Waals surface area contributed by atoms with Crippen molar-refractivity contribution < 1.29 is 17.9 Å². The smallest absolute Gasteiger partial charge is 0.270 e. The van der Waals surface area contributed by atoms with Crippen LogP contribution < -0.4 is 15.6 Å². The standard InChI is InChI=1S/C20H18ClN3O5S2/c1-12-3-8-16(15(21)9-12)23-18(25)11-30-20-22-10-17(19(26)24-20)31(27,28)14-6-4-13(29-2)5-7-14/h3-10H,11H2,1-2H3,(H,23,25)(H,22,24,26). The quantitative estimate of drug-likeness (QED) is 0.394. The zero-order valence-electron chi connectivity index (χ0n) is 16.5. The van der Waals surface area contributed by atoms with Crippen LogP contribution in [0, 0.1) is 6.92 Å². The minimum atomic E-state index is -4.06. The molecule has 0 unspecified atom stereocenters. The lowest BCUT2D eigenvalue weighted by atomic mass is 10.2. The van der Waals surface area contributed by atoms with Crippen LogP contribution in [0.4, 0.5) is 5.69 Å². The predicted molar refractivity (Wildman–Crippen MR) is 119 cm³/mol. The van der Waals surface area contributed by atoms with Crippen molar-refractivity contribution in [2.24, 2.45) is 0 Å². The largest absolute Gasteiger partial charge is 0.497 e. The third-order valence-electron chi connectivity index (χ3n) is 4.14. The Balaban J connectivity index is 1.70. The van der Waals surface area contributed by atoms with Crippen molar-refractivity contribution in [2.75, 3.05) is 18.2 Å². The van der Waals surface area contributed by atoms with Crippen LogP contribution in [-0.2, 0) is 14.6 Å². The fourth-order valence-electron chi connectivity index (χ4n) is 2.56. The highest BCUT2D eigenvalue weighted by molar-refractivity contribution is 7.99. The van der Waals surface area contributed by atoms with Crippen LogP contribution in [0.15, 0.2) is 68.4 Å². The van der Waals surface area contributed by atoms with Crippen LogP contribution in [0.3, 0.4) is 0 Å². The molecule has 0 saturated heterocycles. The molecule has 2 aromatic carbocycles. The highest BCUT2D eigenvalue weighted by Crippen LogP contribution is 2.24. The maximum Gasteiger partial charge on any atom is 0.270 e. The molecule has 2 N–H and O–H groups in total. The van der Waals surface area contributed by atoms with E-state index in [-0.39, 0.29) is 21.7 Å². The monoisotopic (exact) mass is 479 g/mol. The van der Waals surface area contributed by atoms with Crippen molar-refractivity contribution >= 4 is 44.8 Å². The Labute approximate surface area is 187 Å². The number of thioether (sulfide) groups is 1. The first-order chi connectivity index (χ1) is 14.7. The Morgan fingerprint density at radius 3 is 2.55 bits per heavy atom. The number of ether oxygens (including phenoxy) is 1. The second-order valence-corrected chi connectivity index (χ2v) is 9.67. The highest BCUT2D eigenvalue weighted by Gasteiger charge is 2.22. The molecule has 0 spiro atoms. The summed E-state index contributed by atoms with van der Waals surface area (Å²) in [6.45, 7) is 1.88. The van der Waals surface area contributed by atoms with Crippen LogP contribution in [0.1, 0.15) is 5.56 Å². The number of carbonyl (C=O) groups is 1. The number of methoxy groups -OCH3 is 1. The number of hydrogen-bond acceptors (Lipinski definition) is 7. The number of amides is 1. The number of rotatable bonds is 7. The Morgan fingerprint density at radius 2 is 1.94 bits per heavy atom. The molecule has 1 amide bonds. The normalized spacial score (nSPS) is 11.2. The van der Waals surface area contributed by atoms with E-state index in [2.05, 4.69) is 15.3 Å². The number of benzene rings is 2. The van der Waals surface area contributed by atoms with E-state index < -0.39 is 20.3 Å². The molecule has 1 aromatic heterocycles. The van der Waals surface area contributed by atoms with Crippen molar-refractivity contribution in [1.82, 2.24) is 9.97 Å². The molecule has 31 heavy (non-hydrogen) atoms. The van der Waals surface area contributed by atoms with Gasteiger partial charge in [-0.2, -0.15) is 0 Å². The third-order valence-corrected chi connectivity index (χ3v) is 7.10. The zero-order chi connectivity index (χ0) is 22.6. The maximum atomic E-state index is 12.7. The van der Waals surface area contributed by atoms with E-state index in [0.717, 1.165) is 23.5 Å². The summed E-state index contributed by atoms with van der Waals surface area (Å²) in [5.74, 6) is 0.0776. The lowest BCUT2D eigenvalue weighted by Crippen LogP contribution is -2.20. The Hall–Kier alpha value is -2.82. The Kier molecular flexibility index (Phi) is 7.04. The molecule has 0 bridgehead atoms. The van der Waals surface area contributed by atoms with Crippen molar-refractivity contribution in [3.8, 4) is 5.75 Å². The summed E-state index contributed by atoms with van der Waals surface area (Å²) in [4.78, 5) is 30.3. The molecule has 11 heteroatoms. The number of aryl methyl sites for hydroxylation is 1. The van der Waals surface area contributed by atoms with Gasteiger partial charge in [-0.05, 0) is 48.9 Å². The summed E-state index contributed by atoms with van der Waals surface area (Å²) in [6, 6.07) is 10.9. The fourth-order valence-corrected chi connectivity index (χ4v) is 4.70. The number of nitrogens with zero attached hydrogens (tertiary/aromatic N) is 1. The van der Waals surface area contributed by atoms with Crippen LogP contribution >= 0.6 is 23.4 Å². The molecule has 0 atom stereocenters. The number of H-pyrrole nitrogens is 1. The van der Waals surface area contributed by atoms with Gasteiger partial charge in [0.25, 0.3) is 5.56 Å². The SMILES string of the molecule is COc1ccc(S(=O)(=O)c2cnc(SCC(=O)Nc3ccc(C)cc3Cl)[nH]c2=O)cc1. The van der Waals surface area contributed by atoms with E-state index in [9.17, 15) is 18.0 Å². The highest BCUT2D eigenvalue weighted by atomic mass is 35.5. The van der Waals surface area contributed by atoms with Crippen LogP contribution in [0.25, 0.3) is 0 Å². The molecule has 3 rings (SSSR count). The number of aromatic amines is 1. The van der Waals surface area contributed by atoms with E-state index in [1.54, 1.807) is 12.1 Å². The molecule has 0 radical (unpaired) electrons. The molecule has 0 saturated carbocycles. The molecule has 1 heterocycles. The van der Waals surface area contributed by atoms with E-state index >= 15 is 0 Å². The van der Waals surface area contributed by atoms with Gasteiger partial charge in [0.1, 0.15) is 5.75 Å². The summed E-state index contributed by atoms with van der Waals surface area (Å²) in [5.41, 5.74) is 0.611. The average molecular weight is 480 g/mol. The van der Waals surface area contributed by atoms with Crippen molar-refractivity contribution in [3.63, 3.8) is 0 Å². The second-order valence-electron chi connectivity index (χ2n) is 6.38. The van der Waals surface area contributed by atoms with Gasteiger partial charge in [0.15, 0.2) is 10.1 Å². The number of carbonyl (C=O) groups excluding carboxylic acids is 1. The van der Waals surface area contributed by atoms with Gasteiger partial charge in [-0.1, -0.05) is 29.4 Å². The van der Waals surface area contributed by atoms with Crippen molar-refractivity contribution in [1.29, 1.82) is 0 Å². The maximum absolute atomic E-state index is 12.7. The molecule has 0 fully saturated rings. The minimum Gasteiger partial charge on any atom is -0.497 e. The van der Waals surface area contributed by atoms with E-state index in [1.165, 1.54) is 31.4 Å². The molecule has 0 aliphatic heterocycles. The number of anilines is 1. The van der Waals surface area contributed by atoms with Crippen LogP contribution in [0.2, 0.25) is 5.02 Å². The Bertz CT molecular complexity index is 1270. The predicted octanol–water partition coefficient (Wildman–Crippen LogP) is 3.30. The summed E-state index contributed by atoms with van der Waals surface area (Å²) in [5, 5.41) is 3.20. The molecule has 3 aromatic rings. The number of nitrogens with one attached hydrogen (secondary N) is 2.